The van der Waals surface area contributed by atoms with Crippen molar-refractivity contribution in [1.82, 2.24) is 0 Å². The number of fused-ring (bicyclic) bond motifs is 5. The van der Waals surface area contributed by atoms with Crippen molar-refractivity contribution < 1.29 is 18.8 Å². The molecule has 0 saturated heterocycles. The minimum Gasteiger partial charge on any atom is -0.300 e. The topological polar surface area (TPSA) is 51.2 Å². The Morgan fingerprint density at radius 3 is 2.64 bits per heavy atom. The van der Waals surface area contributed by atoms with Gasteiger partial charge >= 0.3 is 0 Å². The molecule has 136 valence electrons. The van der Waals surface area contributed by atoms with Crippen LogP contribution < -0.4 is 0 Å². The van der Waals surface area contributed by atoms with Crippen molar-refractivity contribution in [1.29, 1.82) is 0 Å². The highest BCUT2D eigenvalue weighted by Gasteiger charge is 2.64. The fourth-order valence-corrected chi connectivity index (χ4v) is 7.06. The first kappa shape index (κ1) is 17.1. The molecule has 4 rings (SSSR count). The molecular weight excluding hydrogens is 319 g/mol. The summed E-state index contributed by atoms with van der Waals surface area (Å²) in [6, 6.07) is 0. The average molecular weight is 346 g/mol. The summed E-state index contributed by atoms with van der Waals surface area (Å²) in [6.07, 6.45) is 3.82. The second kappa shape index (κ2) is 5.34. The number of carbonyl (C=O) groups excluding carboxylic acids is 3. The maximum atomic E-state index is 15.1. The molecule has 4 aliphatic carbocycles. The normalized spacial score (nSPS) is 49.1. The Bertz CT molecular complexity index is 695. The molecule has 4 aliphatic rings. The fraction of sp³-hybridized carbons (Fsp3) is 0.762. The predicted molar refractivity (Wildman–Crippen MR) is 91.6 cm³/mol. The Balaban J connectivity index is 1.77. The van der Waals surface area contributed by atoms with Gasteiger partial charge in [-0.05, 0) is 61.5 Å². The van der Waals surface area contributed by atoms with Gasteiger partial charge in [0.05, 0.1) is 0 Å². The van der Waals surface area contributed by atoms with Gasteiger partial charge in [0.2, 0.25) is 0 Å². The number of ketones is 3. The minimum absolute atomic E-state index is 0.000882. The van der Waals surface area contributed by atoms with Crippen molar-refractivity contribution in [3.63, 3.8) is 0 Å². The molecule has 0 amide bonds. The summed E-state index contributed by atoms with van der Waals surface area (Å²) in [5.41, 5.74) is -0.280. The Kier molecular flexibility index (Phi) is 3.66. The highest BCUT2D eigenvalue weighted by atomic mass is 19.1. The van der Waals surface area contributed by atoms with E-state index in [0.717, 1.165) is 12.8 Å². The van der Waals surface area contributed by atoms with Gasteiger partial charge in [-0.3, -0.25) is 14.4 Å². The lowest BCUT2D eigenvalue weighted by molar-refractivity contribution is -0.150. The first-order chi connectivity index (χ1) is 11.7. The number of hydrogen-bond donors (Lipinski definition) is 0. The molecule has 0 spiro atoms. The van der Waals surface area contributed by atoms with Gasteiger partial charge in [-0.25, -0.2) is 4.39 Å². The Labute approximate surface area is 148 Å². The molecule has 3 saturated carbocycles. The Morgan fingerprint density at radius 2 is 1.96 bits per heavy atom. The average Bonchev–Trinajstić information content (AvgIpc) is 2.85. The maximum absolute atomic E-state index is 15.1. The summed E-state index contributed by atoms with van der Waals surface area (Å²) in [5, 5.41) is 0. The summed E-state index contributed by atoms with van der Waals surface area (Å²) in [5.74, 6) is 0.310. The van der Waals surface area contributed by atoms with Gasteiger partial charge in [-0.15, -0.1) is 0 Å². The molecule has 7 atom stereocenters. The molecule has 0 radical (unpaired) electrons. The van der Waals surface area contributed by atoms with Crippen LogP contribution in [-0.4, -0.2) is 23.5 Å². The molecule has 3 fully saturated rings. The quantitative estimate of drug-likeness (QED) is 0.725. The lowest BCUT2D eigenvalue weighted by Crippen LogP contribution is -2.57. The third kappa shape index (κ3) is 2.18. The van der Waals surface area contributed by atoms with Crippen molar-refractivity contribution in [2.24, 2.45) is 34.5 Å². The van der Waals surface area contributed by atoms with Crippen molar-refractivity contribution in [2.45, 2.75) is 65.5 Å². The highest BCUT2D eigenvalue weighted by molar-refractivity contribution is 5.93. The highest BCUT2D eigenvalue weighted by Crippen LogP contribution is 2.65. The Hall–Kier alpha value is -1.32. The summed E-state index contributed by atoms with van der Waals surface area (Å²) in [7, 11) is 0. The third-order valence-electron chi connectivity index (χ3n) is 8.12. The first-order valence-electron chi connectivity index (χ1n) is 9.60. The molecule has 0 aromatic rings. The van der Waals surface area contributed by atoms with Crippen molar-refractivity contribution in [3.05, 3.63) is 11.6 Å². The smallest absolute Gasteiger partial charge is 0.155 e. The van der Waals surface area contributed by atoms with E-state index >= 15 is 4.39 Å². The van der Waals surface area contributed by atoms with Crippen molar-refractivity contribution in [3.8, 4) is 0 Å². The number of alkyl halides is 1. The van der Waals surface area contributed by atoms with Crippen LogP contribution in [-0.2, 0) is 14.4 Å². The van der Waals surface area contributed by atoms with Crippen molar-refractivity contribution in [2.75, 3.05) is 0 Å². The van der Waals surface area contributed by atoms with E-state index in [9.17, 15) is 14.4 Å². The number of Topliss-reactive ketones (excluding diaryl/α,β-unsaturated/α-hetero) is 2. The van der Waals surface area contributed by atoms with Crippen molar-refractivity contribution >= 4 is 17.3 Å². The van der Waals surface area contributed by atoms with Gasteiger partial charge in [0.25, 0.3) is 0 Å². The van der Waals surface area contributed by atoms with E-state index in [-0.39, 0.29) is 46.4 Å². The molecule has 0 bridgehead atoms. The summed E-state index contributed by atoms with van der Waals surface area (Å²) < 4.78 is 15.1. The summed E-state index contributed by atoms with van der Waals surface area (Å²) in [4.78, 5) is 37.2. The monoisotopic (exact) mass is 346 g/mol. The van der Waals surface area contributed by atoms with Crippen LogP contribution in [0.2, 0.25) is 0 Å². The van der Waals surface area contributed by atoms with Gasteiger partial charge in [-0.1, -0.05) is 13.8 Å². The zero-order valence-electron chi connectivity index (χ0n) is 15.3. The molecule has 0 N–H and O–H groups in total. The van der Waals surface area contributed by atoms with Crippen LogP contribution in [0.3, 0.4) is 0 Å². The Morgan fingerprint density at radius 1 is 1.24 bits per heavy atom. The van der Waals surface area contributed by atoms with E-state index in [1.807, 2.05) is 6.92 Å². The fourth-order valence-electron chi connectivity index (χ4n) is 7.06. The lowest BCUT2D eigenvalue weighted by Gasteiger charge is -2.57. The second-order valence-corrected chi connectivity index (χ2v) is 9.32. The largest absolute Gasteiger partial charge is 0.300 e. The first-order valence-corrected chi connectivity index (χ1v) is 9.60. The van der Waals surface area contributed by atoms with Gasteiger partial charge in [-0.2, -0.15) is 0 Å². The van der Waals surface area contributed by atoms with Gasteiger partial charge < -0.3 is 0 Å². The summed E-state index contributed by atoms with van der Waals surface area (Å²) in [6.45, 7) is 5.70. The van der Waals surface area contributed by atoms with Crippen LogP contribution in [0.1, 0.15) is 59.3 Å². The van der Waals surface area contributed by atoms with Gasteiger partial charge in [0.1, 0.15) is 17.7 Å². The van der Waals surface area contributed by atoms with Crippen LogP contribution in [0.25, 0.3) is 0 Å². The van der Waals surface area contributed by atoms with Gasteiger partial charge in [0.15, 0.2) is 5.78 Å². The van der Waals surface area contributed by atoms with E-state index in [0.29, 0.717) is 31.3 Å². The molecular formula is C21H27FO3. The molecule has 0 aromatic heterocycles. The minimum atomic E-state index is -1.14. The standard InChI is InChI=1S/C21H27FO3/c1-11(23)14-4-5-15-13-9-17(22)16-8-12(24)6-7-20(16,2)19(13)18(25)10-21(14,15)3/h8,13-15,17,19H,4-7,9-10H2,1-3H3/t13-,14+,15-,17-,19+,20-,21-/m0/s1. The molecule has 4 heteroatoms. The SMILES string of the molecule is CC(=O)[C@H]1CC[C@H]2[C@@H]3C[C@H](F)C4=CC(=O)CC[C@]4(C)[C@H]3C(=O)C[C@@]12C. The lowest BCUT2D eigenvalue weighted by atomic mass is 9.46. The van der Waals surface area contributed by atoms with E-state index in [4.69, 9.17) is 0 Å². The van der Waals surface area contributed by atoms with E-state index < -0.39 is 11.6 Å². The molecule has 0 aromatic carbocycles. The zero-order valence-corrected chi connectivity index (χ0v) is 15.3. The molecule has 0 aliphatic heterocycles. The van der Waals surface area contributed by atoms with Crippen LogP contribution in [0.15, 0.2) is 11.6 Å². The van der Waals surface area contributed by atoms with E-state index in [2.05, 4.69) is 6.92 Å². The molecule has 25 heavy (non-hydrogen) atoms. The van der Waals surface area contributed by atoms with E-state index in [1.54, 1.807) is 6.92 Å². The van der Waals surface area contributed by atoms with E-state index in [1.165, 1.54) is 6.08 Å². The molecule has 0 heterocycles. The molecule has 3 nitrogen and oxygen atoms in total. The summed E-state index contributed by atoms with van der Waals surface area (Å²) >= 11 is 0. The van der Waals surface area contributed by atoms with Gasteiger partial charge in [0, 0.05) is 30.1 Å². The number of hydrogen-bond acceptors (Lipinski definition) is 3. The molecule has 0 unspecified atom stereocenters. The van der Waals surface area contributed by atoms with Crippen LogP contribution in [0.4, 0.5) is 4.39 Å². The number of allylic oxidation sites excluding steroid dienone is 1. The van der Waals surface area contributed by atoms with Crippen LogP contribution >= 0.6 is 0 Å². The number of carbonyl (C=O) groups is 3. The number of halogens is 1. The van der Waals surface area contributed by atoms with Crippen LogP contribution in [0.5, 0.6) is 0 Å². The number of rotatable bonds is 1. The predicted octanol–water partition coefficient (Wildman–Crippen LogP) is 3.85. The third-order valence-corrected chi connectivity index (χ3v) is 8.12. The maximum Gasteiger partial charge on any atom is 0.155 e. The second-order valence-electron chi connectivity index (χ2n) is 9.32. The van der Waals surface area contributed by atoms with Crippen LogP contribution in [0, 0.1) is 34.5 Å². The zero-order chi connectivity index (χ0) is 18.1.